The molecule has 0 spiro atoms. The number of rotatable bonds is 10. The van der Waals surface area contributed by atoms with Crippen molar-refractivity contribution in [3.05, 3.63) is 75.3 Å². The number of carbonyl (C=O) groups is 1. The van der Waals surface area contributed by atoms with Gasteiger partial charge in [-0.25, -0.2) is 4.98 Å². The SMILES string of the molecule is NCCC1CCC(C(CCN)NCc2nc3cc(Cl)ccc3c(=O)n2Cc2ccccc2)NC1=O. The van der Waals surface area contributed by atoms with Gasteiger partial charge in [0.15, 0.2) is 0 Å². The summed E-state index contributed by atoms with van der Waals surface area (Å²) >= 11 is 6.18. The molecule has 9 heteroatoms. The second-order valence-corrected chi connectivity index (χ2v) is 9.53. The number of piperidine rings is 1. The number of carbonyl (C=O) groups excluding carboxylic acids is 1. The zero-order valence-corrected chi connectivity index (χ0v) is 20.5. The van der Waals surface area contributed by atoms with Crippen LogP contribution in [0.3, 0.4) is 0 Å². The molecule has 1 amide bonds. The normalized spacial score (nSPS) is 19.0. The Bertz CT molecular complexity index is 1220. The van der Waals surface area contributed by atoms with Crippen molar-refractivity contribution in [2.45, 2.75) is 50.9 Å². The number of amides is 1. The van der Waals surface area contributed by atoms with Gasteiger partial charge in [0, 0.05) is 23.0 Å². The zero-order valence-electron chi connectivity index (χ0n) is 19.8. The van der Waals surface area contributed by atoms with Crippen LogP contribution in [0.1, 0.15) is 37.1 Å². The van der Waals surface area contributed by atoms with E-state index >= 15 is 0 Å². The Kier molecular flexibility index (Phi) is 8.51. The van der Waals surface area contributed by atoms with E-state index in [-0.39, 0.29) is 29.5 Å². The molecule has 1 aliphatic rings. The lowest BCUT2D eigenvalue weighted by atomic mass is 9.87. The van der Waals surface area contributed by atoms with E-state index in [2.05, 4.69) is 10.6 Å². The van der Waals surface area contributed by atoms with E-state index in [0.717, 1.165) is 18.4 Å². The number of nitrogens with two attached hydrogens (primary N) is 2. The average molecular weight is 497 g/mol. The first-order valence-corrected chi connectivity index (χ1v) is 12.5. The molecule has 3 atom stereocenters. The minimum Gasteiger partial charge on any atom is -0.352 e. The first-order valence-electron chi connectivity index (χ1n) is 12.2. The Morgan fingerprint density at radius 3 is 2.63 bits per heavy atom. The summed E-state index contributed by atoms with van der Waals surface area (Å²) in [6.45, 7) is 1.75. The van der Waals surface area contributed by atoms with E-state index in [9.17, 15) is 9.59 Å². The number of halogens is 1. The topological polar surface area (TPSA) is 128 Å². The predicted molar refractivity (Wildman–Crippen MR) is 139 cm³/mol. The van der Waals surface area contributed by atoms with E-state index in [0.29, 0.717) is 60.8 Å². The van der Waals surface area contributed by atoms with Crippen LogP contribution in [-0.4, -0.2) is 40.6 Å². The van der Waals surface area contributed by atoms with Crippen molar-refractivity contribution in [3.63, 3.8) is 0 Å². The second kappa shape index (κ2) is 11.8. The fourth-order valence-electron chi connectivity index (χ4n) is 4.81. The molecular formula is C26H33ClN6O2. The summed E-state index contributed by atoms with van der Waals surface area (Å²) in [5.41, 5.74) is 13.0. The summed E-state index contributed by atoms with van der Waals surface area (Å²) in [6, 6.07) is 14.9. The predicted octanol–water partition coefficient (Wildman–Crippen LogP) is 2.15. The van der Waals surface area contributed by atoms with Gasteiger partial charge in [0.25, 0.3) is 5.56 Å². The third-order valence-electron chi connectivity index (χ3n) is 6.71. The van der Waals surface area contributed by atoms with Gasteiger partial charge >= 0.3 is 0 Å². The molecule has 186 valence electrons. The highest BCUT2D eigenvalue weighted by atomic mass is 35.5. The van der Waals surface area contributed by atoms with Crippen LogP contribution in [0.4, 0.5) is 0 Å². The Morgan fingerprint density at radius 2 is 1.91 bits per heavy atom. The van der Waals surface area contributed by atoms with E-state index in [1.54, 1.807) is 22.8 Å². The first-order chi connectivity index (χ1) is 17.0. The van der Waals surface area contributed by atoms with Crippen LogP contribution < -0.4 is 27.7 Å². The molecule has 0 aliphatic carbocycles. The standard InChI is InChI=1S/C26H33ClN6O2/c27-19-7-8-20-23(14-19)31-24(33(26(20)35)16-17-4-2-1-3-5-17)15-30-21(11-13-29)22-9-6-18(10-12-28)25(34)32-22/h1-5,7-8,14,18,21-22,30H,6,9-13,15-16,28-29H2,(H,32,34). The molecule has 2 aromatic carbocycles. The Labute approximate surface area is 210 Å². The van der Waals surface area contributed by atoms with Crippen LogP contribution in [0.15, 0.2) is 53.3 Å². The quantitative estimate of drug-likeness (QED) is 0.340. The Morgan fingerprint density at radius 1 is 1.11 bits per heavy atom. The lowest BCUT2D eigenvalue weighted by molar-refractivity contribution is -0.128. The van der Waals surface area contributed by atoms with E-state index < -0.39 is 0 Å². The fourth-order valence-corrected chi connectivity index (χ4v) is 4.98. The highest BCUT2D eigenvalue weighted by Gasteiger charge is 2.31. The van der Waals surface area contributed by atoms with Gasteiger partial charge in [-0.3, -0.25) is 14.2 Å². The molecule has 0 bridgehead atoms. The lowest BCUT2D eigenvalue weighted by Gasteiger charge is -2.35. The Hall–Kier alpha value is -2.78. The summed E-state index contributed by atoms with van der Waals surface area (Å²) in [5, 5.41) is 7.74. The van der Waals surface area contributed by atoms with Crippen LogP contribution in [0, 0.1) is 5.92 Å². The summed E-state index contributed by atoms with van der Waals surface area (Å²) < 4.78 is 1.70. The number of benzene rings is 2. The van der Waals surface area contributed by atoms with Gasteiger partial charge in [0.1, 0.15) is 5.82 Å². The highest BCUT2D eigenvalue weighted by Crippen LogP contribution is 2.21. The zero-order chi connectivity index (χ0) is 24.8. The monoisotopic (exact) mass is 496 g/mol. The molecule has 0 saturated carbocycles. The van der Waals surface area contributed by atoms with Crippen molar-refractivity contribution in [2.75, 3.05) is 13.1 Å². The molecule has 6 N–H and O–H groups in total. The molecule has 4 rings (SSSR count). The maximum atomic E-state index is 13.4. The fraction of sp³-hybridized carbons (Fsp3) is 0.423. The third kappa shape index (κ3) is 6.08. The van der Waals surface area contributed by atoms with Crippen molar-refractivity contribution in [2.24, 2.45) is 17.4 Å². The minimum absolute atomic E-state index is 0.0299. The van der Waals surface area contributed by atoms with Gasteiger partial charge in [-0.05, 0) is 62.5 Å². The smallest absolute Gasteiger partial charge is 0.261 e. The molecular weight excluding hydrogens is 464 g/mol. The summed E-state index contributed by atoms with van der Waals surface area (Å²) in [4.78, 5) is 30.8. The summed E-state index contributed by atoms with van der Waals surface area (Å²) in [6.07, 6.45) is 3.05. The van der Waals surface area contributed by atoms with Gasteiger partial charge in [-0.1, -0.05) is 41.9 Å². The molecule has 35 heavy (non-hydrogen) atoms. The van der Waals surface area contributed by atoms with Gasteiger partial charge in [-0.15, -0.1) is 0 Å². The molecule has 2 heterocycles. The van der Waals surface area contributed by atoms with Crippen molar-refractivity contribution in [1.82, 2.24) is 20.2 Å². The van der Waals surface area contributed by atoms with Gasteiger partial charge in [0.05, 0.1) is 24.0 Å². The number of hydrogen-bond donors (Lipinski definition) is 4. The van der Waals surface area contributed by atoms with Crippen LogP contribution in [-0.2, 0) is 17.9 Å². The van der Waals surface area contributed by atoms with E-state index in [1.807, 2.05) is 30.3 Å². The highest BCUT2D eigenvalue weighted by molar-refractivity contribution is 6.31. The third-order valence-corrected chi connectivity index (χ3v) is 6.94. The van der Waals surface area contributed by atoms with E-state index in [4.69, 9.17) is 28.1 Å². The van der Waals surface area contributed by atoms with Crippen LogP contribution >= 0.6 is 11.6 Å². The molecule has 1 aliphatic heterocycles. The molecule has 1 fully saturated rings. The first kappa shape index (κ1) is 25.3. The number of nitrogens with one attached hydrogen (secondary N) is 2. The number of aromatic nitrogens is 2. The maximum Gasteiger partial charge on any atom is 0.261 e. The van der Waals surface area contributed by atoms with Crippen molar-refractivity contribution in [3.8, 4) is 0 Å². The van der Waals surface area contributed by atoms with Crippen LogP contribution in [0.5, 0.6) is 0 Å². The van der Waals surface area contributed by atoms with Crippen LogP contribution in [0.2, 0.25) is 5.02 Å². The number of fused-ring (bicyclic) bond motifs is 1. The molecule has 8 nitrogen and oxygen atoms in total. The van der Waals surface area contributed by atoms with E-state index in [1.165, 1.54) is 0 Å². The summed E-state index contributed by atoms with van der Waals surface area (Å²) in [7, 11) is 0. The molecule has 3 unspecified atom stereocenters. The molecule has 0 radical (unpaired) electrons. The number of hydrogen-bond acceptors (Lipinski definition) is 6. The summed E-state index contributed by atoms with van der Waals surface area (Å²) in [5.74, 6) is 0.631. The van der Waals surface area contributed by atoms with Crippen molar-refractivity contribution in [1.29, 1.82) is 0 Å². The second-order valence-electron chi connectivity index (χ2n) is 9.10. The van der Waals surface area contributed by atoms with Crippen LogP contribution in [0.25, 0.3) is 10.9 Å². The largest absolute Gasteiger partial charge is 0.352 e. The van der Waals surface area contributed by atoms with Gasteiger partial charge < -0.3 is 22.1 Å². The van der Waals surface area contributed by atoms with Crippen molar-refractivity contribution >= 4 is 28.4 Å². The van der Waals surface area contributed by atoms with Gasteiger partial charge in [-0.2, -0.15) is 0 Å². The lowest BCUT2D eigenvalue weighted by Crippen LogP contribution is -2.55. The Balaban J connectivity index is 1.60. The maximum absolute atomic E-state index is 13.4. The molecule has 1 saturated heterocycles. The molecule has 1 aromatic heterocycles. The van der Waals surface area contributed by atoms with Gasteiger partial charge in [0.2, 0.25) is 5.91 Å². The molecule has 3 aromatic rings. The van der Waals surface area contributed by atoms with Crippen molar-refractivity contribution < 1.29 is 4.79 Å². The minimum atomic E-state index is -0.113. The number of nitrogens with zero attached hydrogens (tertiary/aromatic N) is 2. The average Bonchev–Trinajstić information content (AvgIpc) is 2.85.